The maximum absolute atomic E-state index is 11.9. The molecule has 1 rings (SSSR count). The van der Waals surface area contributed by atoms with Gasteiger partial charge in [0.1, 0.15) is 6.10 Å². The maximum Gasteiger partial charge on any atom is 0.338 e. The molecule has 1 unspecified atom stereocenters. The molecule has 0 spiro atoms. The number of carbonyl (C=O) groups excluding carboxylic acids is 2. The molecule has 0 radical (unpaired) electrons. The lowest BCUT2D eigenvalue weighted by Crippen LogP contribution is -2.22. The van der Waals surface area contributed by atoms with E-state index in [1.807, 2.05) is 19.1 Å². The Morgan fingerprint density at radius 3 is 2.32 bits per heavy atom. The molecule has 0 bridgehead atoms. The van der Waals surface area contributed by atoms with Gasteiger partial charge in [-0.1, -0.05) is 18.2 Å². The van der Waals surface area contributed by atoms with E-state index in [4.69, 9.17) is 9.47 Å². The molecule has 0 saturated heterocycles. The molecular weight excluding hydrogens is 244 g/mol. The number of hydrogen-bond acceptors (Lipinski definition) is 4. The summed E-state index contributed by atoms with van der Waals surface area (Å²) in [4.78, 5) is 23.3. The van der Waals surface area contributed by atoms with Gasteiger partial charge in [-0.25, -0.2) is 4.79 Å². The fraction of sp³-hybridized carbons (Fsp3) is 0.467. The molecule has 104 valence electrons. The largest absolute Gasteiger partial charge is 0.463 e. The average Bonchev–Trinajstić information content (AvgIpc) is 2.27. The van der Waals surface area contributed by atoms with Crippen LogP contribution in [0.5, 0.6) is 0 Å². The molecule has 1 aromatic carbocycles. The van der Waals surface area contributed by atoms with Gasteiger partial charge in [0.2, 0.25) is 0 Å². The van der Waals surface area contributed by atoms with Crippen LogP contribution in [0, 0.1) is 6.92 Å². The van der Waals surface area contributed by atoms with Crippen LogP contribution in [0.3, 0.4) is 0 Å². The van der Waals surface area contributed by atoms with Gasteiger partial charge in [0.05, 0.1) is 18.1 Å². The molecule has 0 N–H and O–H groups in total. The zero-order chi connectivity index (χ0) is 14.4. The first-order valence-corrected chi connectivity index (χ1v) is 6.36. The average molecular weight is 264 g/mol. The smallest absolute Gasteiger partial charge is 0.338 e. The molecule has 0 aliphatic carbocycles. The van der Waals surface area contributed by atoms with Gasteiger partial charge in [-0.15, -0.1) is 0 Å². The first-order valence-electron chi connectivity index (χ1n) is 6.36. The first-order chi connectivity index (χ1) is 8.90. The molecule has 1 aromatic rings. The maximum atomic E-state index is 11.9. The van der Waals surface area contributed by atoms with E-state index in [0.717, 1.165) is 5.56 Å². The van der Waals surface area contributed by atoms with Crippen LogP contribution in [0.15, 0.2) is 24.3 Å². The lowest BCUT2D eigenvalue weighted by atomic mass is 10.1. The van der Waals surface area contributed by atoms with Crippen LogP contribution in [0.4, 0.5) is 0 Å². The minimum Gasteiger partial charge on any atom is -0.463 e. The van der Waals surface area contributed by atoms with E-state index in [0.29, 0.717) is 5.56 Å². The SMILES string of the molecule is Cc1ccccc1C(=O)OC(C)CC(=O)OC(C)C. The van der Waals surface area contributed by atoms with E-state index in [9.17, 15) is 9.59 Å². The molecule has 0 aliphatic heterocycles. The van der Waals surface area contributed by atoms with Crippen molar-refractivity contribution in [1.82, 2.24) is 0 Å². The summed E-state index contributed by atoms with van der Waals surface area (Å²) in [6, 6.07) is 7.18. The Morgan fingerprint density at radius 1 is 1.11 bits per heavy atom. The van der Waals surface area contributed by atoms with Crippen LogP contribution in [0.25, 0.3) is 0 Å². The summed E-state index contributed by atoms with van der Waals surface area (Å²) < 4.78 is 10.2. The van der Waals surface area contributed by atoms with E-state index < -0.39 is 12.1 Å². The zero-order valence-electron chi connectivity index (χ0n) is 11.8. The minimum atomic E-state index is -0.502. The van der Waals surface area contributed by atoms with Gasteiger partial charge >= 0.3 is 11.9 Å². The van der Waals surface area contributed by atoms with Crippen LogP contribution < -0.4 is 0 Å². The molecule has 0 fully saturated rings. The highest BCUT2D eigenvalue weighted by molar-refractivity contribution is 5.91. The van der Waals surface area contributed by atoms with Crippen molar-refractivity contribution in [1.29, 1.82) is 0 Å². The number of carbonyl (C=O) groups is 2. The van der Waals surface area contributed by atoms with Crippen LogP contribution in [0.2, 0.25) is 0 Å². The Kier molecular flexibility index (Phi) is 5.55. The Hall–Kier alpha value is -1.84. The number of rotatable bonds is 5. The number of esters is 2. The molecule has 0 aromatic heterocycles. The summed E-state index contributed by atoms with van der Waals surface area (Å²) in [5.74, 6) is -0.775. The monoisotopic (exact) mass is 264 g/mol. The number of ether oxygens (including phenoxy) is 2. The van der Waals surface area contributed by atoms with Crippen molar-refractivity contribution in [3.8, 4) is 0 Å². The van der Waals surface area contributed by atoms with Crippen molar-refractivity contribution in [3.63, 3.8) is 0 Å². The Labute approximate surface area is 113 Å². The lowest BCUT2D eigenvalue weighted by Gasteiger charge is -2.14. The van der Waals surface area contributed by atoms with Crippen molar-refractivity contribution in [2.24, 2.45) is 0 Å². The van der Waals surface area contributed by atoms with Crippen molar-refractivity contribution in [3.05, 3.63) is 35.4 Å². The second kappa shape index (κ2) is 6.92. The van der Waals surface area contributed by atoms with Crippen molar-refractivity contribution >= 4 is 11.9 Å². The van der Waals surface area contributed by atoms with Crippen LogP contribution in [-0.4, -0.2) is 24.1 Å². The van der Waals surface area contributed by atoms with Crippen molar-refractivity contribution in [2.45, 2.75) is 46.3 Å². The molecule has 4 heteroatoms. The van der Waals surface area contributed by atoms with Gasteiger partial charge in [-0.05, 0) is 39.3 Å². The lowest BCUT2D eigenvalue weighted by molar-refractivity contribution is -0.149. The third kappa shape index (κ3) is 5.12. The van der Waals surface area contributed by atoms with Gasteiger partial charge in [0.15, 0.2) is 0 Å². The number of benzene rings is 1. The molecule has 0 aliphatic rings. The van der Waals surface area contributed by atoms with E-state index in [2.05, 4.69) is 0 Å². The predicted octanol–water partition coefficient (Wildman–Crippen LogP) is 2.88. The van der Waals surface area contributed by atoms with Crippen molar-refractivity contribution < 1.29 is 19.1 Å². The molecule has 19 heavy (non-hydrogen) atoms. The normalized spacial score (nSPS) is 12.1. The molecule has 0 heterocycles. The minimum absolute atomic E-state index is 0.0653. The quantitative estimate of drug-likeness (QED) is 0.767. The highest BCUT2D eigenvalue weighted by Crippen LogP contribution is 2.11. The fourth-order valence-corrected chi connectivity index (χ4v) is 1.64. The van der Waals surface area contributed by atoms with Crippen molar-refractivity contribution in [2.75, 3.05) is 0 Å². The molecular formula is C15H20O4. The van der Waals surface area contributed by atoms with Crippen LogP contribution >= 0.6 is 0 Å². The van der Waals surface area contributed by atoms with E-state index >= 15 is 0 Å². The summed E-state index contributed by atoms with van der Waals surface area (Å²) in [6.07, 6.45) is -0.597. The number of aryl methyl sites for hydroxylation is 1. The standard InChI is InChI=1S/C15H20O4/c1-10(2)18-14(16)9-12(4)19-15(17)13-8-6-5-7-11(13)3/h5-8,10,12H,9H2,1-4H3. The summed E-state index contributed by atoms with van der Waals surface area (Å²) in [5, 5.41) is 0. The third-order valence-electron chi connectivity index (χ3n) is 2.49. The predicted molar refractivity (Wildman–Crippen MR) is 71.9 cm³/mol. The Morgan fingerprint density at radius 2 is 1.74 bits per heavy atom. The van der Waals surface area contributed by atoms with Gasteiger partial charge in [0.25, 0.3) is 0 Å². The van der Waals surface area contributed by atoms with E-state index in [1.54, 1.807) is 32.9 Å². The zero-order valence-corrected chi connectivity index (χ0v) is 11.8. The molecule has 0 saturated carbocycles. The topological polar surface area (TPSA) is 52.6 Å². The number of hydrogen-bond donors (Lipinski definition) is 0. The molecule has 0 amide bonds. The summed E-state index contributed by atoms with van der Waals surface area (Å²) in [7, 11) is 0. The van der Waals surface area contributed by atoms with Gasteiger partial charge < -0.3 is 9.47 Å². The highest BCUT2D eigenvalue weighted by Gasteiger charge is 2.17. The van der Waals surface area contributed by atoms with Gasteiger partial charge in [0, 0.05) is 0 Å². The van der Waals surface area contributed by atoms with E-state index in [-0.39, 0.29) is 18.5 Å². The third-order valence-corrected chi connectivity index (χ3v) is 2.49. The Bertz CT molecular complexity index is 451. The Balaban J connectivity index is 2.53. The highest BCUT2D eigenvalue weighted by atomic mass is 16.6. The van der Waals surface area contributed by atoms with Crippen LogP contribution in [0.1, 0.15) is 43.1 Å². The second-order valence-electron chi connectivity index (χ2n) is 4.77. The summed E-state index contributed by atoms with van der Waals surface area (Å²) in [6.45, 7) is 7.08. The van der Waals surface area contributed by atoms with Gasteiger partial charge in [-0.3, -0.25) is 4.79 Å². The first kappa shape index (κ1) is 15.2. The van der Waals surface area contributed by atoms with E-state index in [1.165, 1.54) is 0 Å². The molecule has 4 nitrogen and oxygen atoms in total. The fourth-order valence-electron chi connectivity index (χ4n) is 1.64. The van der Waals surface area contributed by atoms with Gasteiger partial charge in [-0.2, -0.15) is 0 Å². The van der Waals surface area contributed by atoms with Crippen LogP contribution in [-0.2, 0) is 14.3 Å². The second-order valence-corrected chi connectivity index (χ2v) is 4.77. The summed E-state index contributed by atoms with van der Waals surface area (Å²) in [5.41, 5.74) is 1.37. The molecule has 1 atom stereocenters. The summed E-state index contributed by atoms with van der Waals surface area (Å²) >= 11 is 0.